The number of likely N-dealkylation sites (N-methyl/N-ethyl adjacent to an activating group) is 1. The Kier molecular flexibility index (Phi) is 3.95. The number of fused-ring (bicyclic) bond motifs is 2. The van der Waals surface area contributed by atoms with Crippen molar-refractivity contribution in [3.8, 4) is 0 Å². The van der Waals surface area contributed by atoms with Gasteiger partial charge in [0.15, 0.2) is 0 Å². The van der Waals surface area contributed by atoms with Gasteiger partial charge in [0.1, 0.15) is 11.6 Å². The highest BCUT2D eigenvalue weighted by molar-refractivity contribution is 5.90. The van der Waals surface area contributed by atoms with E-state index in [4.69, 9.17) is 5.73 Å². The van der Waals surface area contributed by atoms with Crippen molar-refractivity contribution >= 4 is 17.4 Å². The van der Waals surface area contributed by atoms with E-state index >= 15 is 0 Å². The number of rotatable bonds is 2. The van der Waals surface area contributed by atoms with Crippen molar-refractivity contribution in [1.82, 2.24) is 14.7 Å². The largest absolute Gasteiger partial charge is 0.385 e. The van der Waals surface area contributed by atoms with Crippen molar-refractivity contribution in [2.45, 2.75) is 32.2 Å². The molecule has 0 aliphatic carbocycles. The third-order valence-electron chi connectivity index (χ3n) is 5.25. The van der Waals surface area contributed by atoms with Crippen LogP contribution in [0.5, 0.6) is 0 Å². The number of nitrogen functional groups attached to an aromatic ring is 1. The summed E-state index contributed by atoms with van der Waals surface area (Å²) in [5, 5.41) is 7.72. The number of carbonyl (C=O) groups is 1. The Hall–Kier alpha value is -2.41. The zero-order valence-corrected chi connectivity index (χ0v) is 14.3. The molecule has 0 unspecified atom stereocenters. The van der Waals surface area contributed by atoms with E-state index in [1.165, 1.54) is 16.8 Å². The van der Waals surface area contributed by atoms with Crippen LogP contribution in [0.2, 0.25) is 0 Å². The molecule has 0 bridgehead atoms. The van der Waals surface area contributed by atoms with Crippen LogP contribution in [-0.2, 0) is 13.0 Å². The number of nitrogens with two attached hydrogens (primary N) is 1. The zero-order chi connectivity index (χ0) is 17.6. The molecule has 3 heterocycles. The van der Waals surface area contributed by atoms with Gasteiger partial charge < -0.3 is 11.1 Å². The Labute approximate surface area is 145 Å². The molecule has 7 heteroatoms. The number of nitrogens with one attached hydrogen (secondary N) is 1. The number of carbonyl (C=O) groups excluding carboxylic acids is 1. The molecule has 1 aromatic carbocycles. The number of halogens is 1. The van der Waals surface area contributed by atoms with Gasteiger partial charge in [-0.25, -0.2) is 4.39 Å². The molecule has 0 amide bonds. The maximum absolute atomic E-state index is 13.7. The minimum absolute atomic E-state index is 0.178. The summed E-state index contributed by atoms with van der Waals surface area (Å²) in [5.74, 6) is -0.514. The molecule has 2 aliphatic rings. The molecular weight excluding hydrogens is 321 g/mol. The van der Waals surface area contributed by atoms with Gasteiger partial charge in [0.25, 0.3) is 5.91 Å². The van der Waals surface area contributed by atoms with Gasteiger partial charge in [-0.05, 0) is 43.1 Å². The van der Waals surface area contributed by atoms with Crippen molar-refractivity contribution in [2.75, 3.05) is 30.7 Å². The third kappa shape index (κ3) is 2.68. The van der Waals surface area contributed by atoms with Crippen LogP contribution in [0, 0.1) is 5.82 Å². The Morgan fingerprint density at radius 2 is 2.32 bits per heavy atom. The fourth-order valence-electron chi connectivity index (χ4n) is 3.80. The number of aromatic nitrogens is 2. The fourth-order valence-corrected chi connectivity index (χ4v) is 3.80. The van der Waals surface area contributed by atoms with Crippen LogP contribution < -0.4 is 11.1 Å². The average molecular weight is 343 g/mol. The van der Waals surface area contributed by atoms with Gasteiger partial charge in [0.2, 0.25) is 0 Å². The smallest absolute Gasteiger partial charge is 0.256 e. The summed E-state index contributed by atoms with van der Waals surface area (Å²) in [6.45, 7) is 5.36. The third-order valence-corrected chi connectivity index (χ3v) is 5.25. The van der Waals surface area contributed by atoms with Gasteiger partial charge in [-0.1, -0.05) is 6.92 Å². The second-order valence-corrected chi connectivity index (χ2v) is 6.68. The number of hydrogen-bond acceptors (Lipinski definition) is 5. The predicted octanol–water partition coefficient (Wildman–Crippen LogP) is 2.22. The molecule has 2 aliphatic heterocycles. The van der Waals surface area contributed by atoms with E-state index in [0.717, 1.165) is 36.5 Å². The van der Waals surface area contributed by atoms with Crippen molar-refractivity contribution in [1.29, 1.82) is 0 Å². The van der Waals surface area contributed by atoms with Gasteiger partial charge >= 0.3 is 0 Å². The van der Waals surface area contributed by atoms with Crippen molar-refractivity contribution in [2.24, 2.45) is 0 Å². The minimum Gasteiger partial charge on any atom is -0.385 e. The van der Waals surface area contributed by atoms with Crippen LogP contribution in [0.4, 0.5) is 15.9 Å². The Morgan fingerprint density at radius 3 is 3.12 bits per heavy atom. The molecule has 2 aromatic rings. The van der Waals surface area contributed by atoms with Crippen molar-refractivity contribution in [3.63, 3.8) is 0 Å². The number of nitrogens with zero attached hydrogens (tertiary/aromatic N) is 3. The lowest BCUT2D eigenvalue weighted by Gasteiger charge is -2.25. The molecule has 0 saturated heterocycles. The second-order valence-electron chi connectivity index (χ2n) is 6.68. The SMILES string of the molecule is CCN1CCc2c(nn(C(=O)[C@@H]3CCNc4ccc(F)cc43)c2N)C1. The van der Waals surface area contributed by atoms with Crippen LogP contribution >= 0.6 is 0 Å². The first-order valence-electron chi connectivity index (χ1n) is 8.74. The second kappa shape index (κ2) is 6.15. The molecule has 132 valence electrons. The highest BCUT2D eigenvalue weighted by atomic mass is 19.1. The summed E-state index contributed by atoms with van der Waals surface area (Å²) in [6.07, 6.45) is 1.40. The zero-order valence-electron chi connectivity index (χ0n) is 14.3. The van der Waals surface area contributed by atoms with Gasteiger partial charge in [-0.15, -0.1) is 0 Å². The monoisotopic (exact) mass is 343 g/mol. The lowest BCUT2D eigenvalue weighted by atomic mass is 9.90. The summed E-state index contributed by atoms with van der Waals surface area (Å²) in [5.41, 5.74) is 9.58. The van der Waals surface area contributed by atoms with Crippen molar-refractivity contribution < 1.29 is 9.18 Å². The minimum atomic E-state index is -0.433. The van der Waals surface area contributed by atoms with E-state index in [1.54, 1.807) is 6.07 Å². The maximum atomic E-state index is 13.7. The van der Waals surface area contributed by atoms with Gasteiger partial charge in [0, 0.05) is 30.9 Å². The molecule has 25 heavy (non-hydrogen) atoms. The molecule has 0 saturated carbocycles. The summed E-state index contributed by atoms with van der Waals surface area (Å²) in [6, 6.07) is 4.52. The molecule has 1 atom stereocenters. The molecule has 0 radical (unpaired) electrons. The van der Waals surface area contributed by atoms with Gasteiger partial charge in [0.05, 0.1) is 11.6 Å². The number of benzene rings is 1. The molecule has 0 spiro atoms. The Morgan fingerprint density at radius 1 is 1.48 bits per heavy atom. The quantitative estimate of drug-likeness (QED) is 0.874. The highest BCUT2D eigenvalue weighted by Crippen LogP contribution is 2.34. The molecule has 1 aromatic heterocycles. The maximum Gasteiger partial charge on any atom is 0.256 e. The first kappa shape index (κ1) is 16.1. The van der Waals surface area contributed by atoms with E-state index in [1.807, 2.05) is 0 Å². The molecule has 4 rings (SSSR count). The van der Waals surface area contributed by atoms with Crippen LogP contribution in [0.15, 0.2) is 18.2 Å². The van der Waals surface area contributed by atoms with E-state index in [2.05, 4.69) is 22.2 Å². The lowest BCUT2D eigenvalue weighted by Crippen LogP contribution is -2.30. The Bertz CT molecular complexity index is 831. The van der Waals surface area contributed by atoms with E-state index in [0.29, 0.717) is 30.9 Å². The summed E-state index contributed by atoms with van der Waals surface area (Å²) in [4.78, 5) is 15.4. The first-order chi connectivity index (χ1) is 12.1. The lowest BCUT2D eigenvalue weighted by molar-refractivity contribution is 0.0858. The van der Waals surface area contributed by atoms with E-state index in [9.17, 15) is 9.18 Å². The molecular formula is C18H22FN5O. The van der Waals surface area contributed by atoms with Crippen LogP contribution in [0.3, 0.4) is 0 Å². The topological polar surface area (TPSA) is 76.2 Å². The summed E-state index contributed by atoms with van der Waals surface area (Å²) >= 11 is 0. The van der Waals surface area contributed by atoms with E-state index in [-0.39, 0.29) is 11.7 Å². The predicted molar refractivity (Wildman–Crippen MR) is 94.2 cm³/mol. The number of anilines is 2. The fraction of sp³-hybridized carbons (Fsp3) is 0.444. The molecule has 3 N–H and O–H groups in total. The highest BCUT2D eigenvalue weighted by Gasteiger charge is 2.32. The molecule has 0 fully saturated rings. The van der Waals surface area contributed by atoms with Crippen LogP contribution in [0.1, 0.15) is 40.9 Å². The summed E-state index contributed by atoms with van der Waals surface area (Å²) in [7, 11) is 0. The van der Waals surface area contributed by atoms with Crippen molar-refractivity contribution in [3.05, 3.63) is 40.8 Å². The van der Waals surface area contributed by atoms with Crippen LogP contribution in [0.25, 0.3) is 0 Å². The van der Waals surface area contributed by atoms with E-state index < -0.39 is 5.92 Å². The van der Waals surface area contributed by atoms with Gasteiger partial charge in [-0.3, -0.25) is 9.69 Å². The number of hydrogen-bond donors (Lipinski definition) is 2. The standard InChI is InChI=1S/C18H22FN5O/c1-2-23-8-6-13-16(10-23)22-24(17(13)20)18(25)12-5-7-21-15-4-3-11(19)9-14(12)15/h3-4,9,12,21H,2,5-8,10,20H2,1H3/t12-/m1/s1. The first-order valence-corrected chi connectivity index (χ1v) is 8.74. The van der Waals surface area contributed by atoms with Crippen LogP contribution in [-0.4, -0.2) is 40.2 Å². The normalized spacial score (nSPS) is 19.8. The Balaban J connectivity index is 1.69. The average Bonchev–Trinajstić information content (AvgIpc) is 2.96. The van der Waals surface area contributed by atoms with Gasteiger partial charge in [-0.2, -0.15) is 9.78 Å². The summed E-state index contributed by atoms with van der Waals surface area (Å²) < 4.78 is 15.0. The molecule has 6 nitrogen and oxygen atoms in total.